The lowest BCUT2D eigenvalue weighted by Gasteiger charge is -2.14. The van der Waals surface area contributed by atoms with Crippen molar-refractivity contribution >= 4 is 11.0 Å². The van der Waals surface area contributed by atoms with Crippen LogP contribution in [0.2, 0.25) is 0 Å². The number of para-hydroxylation sites is 1. The number of nitrogens with zero attached hydrogens (tertiary/aromatic N) is 2. The number of hydrogen-bond donors (Lipinski definition) is 1. The van der Waals surface area contributed by atoms with Crippen LogP contribution >= 0.6 is 0 Å². The molecule has 1 fully saturated rings. The first-order chi connectivity index (χ1) is 8.75. The van der Waals surface area contributed by atoms with Crippen LogP contribution in [0.15, 0.2) is 23.0 Å². The minimum atomic E-state index is 0.0125. The quantitative estimate of drug-likeness (QED) is 0.894. The second-order valence-electron chi connectivity index (χ2n) is 5.10. The number of imidazole rings is 1. The van der Waals surface area contributed by atoms with Gasteiger partial charge in [-0.25, -0.2) is 4.79 Å². The topological polar surface area (TPSA) is 41.0 Å². The SMILES string of the molecule is Cc1cccc2[nH]c(=O)n(CCN3CCCC3)c12. The molecule has 4 heteroatoms. The van der Waals surface area contributed by atoms with E-state index in [0.29, 0.717) is 0 Å². The highest BCUT2D eigenvalue weighted by Gasteiger charge is 2.13. The summed E-state index contributed by atoms with van der Waals surface area (Å²) in [5.41, 5.74) is 3.17. The number of likely N-dealkylation sites (tertiary alicyclic amines) is 1. The van der Waals surface area contributed by atoms with E-state index in [2.05, 4.69) is 22.9 Å². The van der Waals surface area contributed by atoms with Crippen LogP contribution in [0.25, 0.3) is 11.0 Å². The molecule has 3 rings (SSSR count). The van der Waals surface area contributed by atoms with Crippen LogP contribution in [-0.2, 0) is 6.54 Å². The number of aryl methyl sites for hydroxylation is 1. The number of aromatic nitrogens is 2. The molecule has 4 nitrogen and oxygen atoms in total. The average molecular weight is 245 g/mol. The summed E-state index contributed by atoms with van der Waals surface area (Å²) in [5, 5.41) is 0. The number of rotatable bonds is 3. The first kappa shape index (κ1) is 11.5. The van der Waals surface area contributed by atoms with Crippen molar-refractivity contribution in [1.29, 1.82) is 0 Å². The Balaban J connectivity index is 1.90. The normalized spacial score (nSPS) is 16.7. The molecule has 0 radical (unpaired) electrons. The Morgan fingerprint density at radius 1 is 1.22 bits per heavy atom. The monoisotopic (exact) mass is 245 g/mol. The van der Waals surface area contributed by atoms with Gasteiger partial charge in [-0.05, 0) is 44.5 Å². The van der Waals surface area contributed by atoms with Crippen LogP contribution in [0.4, 0.5) is 0 Å². The molecule has 0 aliphatic carbocycles. The van der Waals surface area contributed by atoms with Gasteiger partial charge in [0.1, 0.15) is 0 Å². The number of aromatic amines is 1. The van der Waals surface area contributed by atoms with Gasteiger partial charge in [0.05, 0.1) is 11.0 Å². The molecule has 1 aliphatic rings. The molecule has 1 aliphatic heterocycles. The number of nitrogens with one attached hydrogen (secondary N) is 1. The van der Waals surface area contributed by atoms with Gasteiger partial charge < -0.3 is 9.88 Å². The molecule has 1 saturated heterocycles. The summed E-state index contributed by atoms with van der Waals surface area (Å²) in [5.74, 6) is 0. The summed E-state index contributed by atoms with van der Waals surface area (Å²) in [6.07, 6.45) is 2.59. The van der Waals surface area contributed by atoms with Crippen molar-refractivity contribution in [3.63, 3.8) is 0 Å². The Kier molecular flexibility index (Phi) is 2.96. The molecule has 1 aromatic carbocycles. The number of benzene rings is 1. The van der Waals surface area contributed by atoms with E-state index in [1.54, 1.807) is 0 Å². The Morgan fingerprint density at radius 2 is 2.00 bits per heavy atom. The van der Waals surface area contributed by atoms with Gasteiger partial charge in [-0.3, -0.25) is 4.57 Å². The average Bonchev–Trinajstić information content (AvgIpc) is 2.94. The van der Waals surface area contributed by atoms with E-state index >= 15 is 0 Å². The molecular weight excluding hydrogens is 226 g/mol. The first-order valence-corrected chi connectivity index (χ1v) is 6.66. The highest BCUT2D eigenvalue weighted by atomic mass is 16.1. The Bertz CT molecular complexity index is 605. The molecule has 1 N–H and O–H groups in total. The van der Waals surface area contributed by atoms with Crippen molar-refractivity contribution in [1.82, 2.24) is 14.5 Å². The molecule has 0 amide bonds. The van der Waals surface area contributed by atoms with E-state index in [9.17, 15) is 4.79 Å². The molecule has 1 aromatic heterocycles. The Labute approximate surface area is 106 Å². The summed E-state index contributed by atoms with van der Waals surface area (Å²) >= 11 is 0. The minimum Gasteiger partial charge on any atom is -0.306 e. The number of fused-ring (bicyclic) bond motifs is 1. The van der Waals surface area contributed by atoms with Crippen LogP contribution in [-0.4, -0.2) is 34.1 Å². The minimum absolute atomic E-state index is 0.0125. The molecule has 2 heterocycles. The third kappa shape index (κ3) is 1.97. The van der Waals surface area contributed by atoms with Gasteiger partial charge in [-0.2, -0.15) is 0 Å². The zero-order valence-electron chi connectivity index (χ0n) is 10.8. The van der Waals surface area contributed by atoms with Gasteiger partial charge in [-0.15, -0.1) is 0 Å². The molecule has 96 valence electrons. The van der Waals surface area contributed by atoms with Crippen LogP contribution in [0.3, 0.4) is 0 Å². The molecule has 2 aromatic rings. The first-order valence-electron chi connectivity index (χ1n) is 6.66. The van der Waals surface area contributed by atoms with Crippen LogP contribution < -0.4 is 5.69 Å². The molecule has 0 bridgehead atoms. The lowest BCUT2D eigenvalue weighted by molar-refractivity contribution is 0.322. The Morgan fingerprint density at radius 3 is 2.78 bits per heavy atom. The second-order valence-corrected chi connectivity index (χ2v) is 5.10. The highest BCUT2D eigenvalue weighted by molar-refractivity contribution is 5.78. The third-order valence-electron chi connectivity index (χ3n) is 3.83. The third-order valence-corrected chi connectivity index (χ3v) is 3.83. The standard InChI is InChI=1S/C14H19N3O/c1-11-5-4-6-12-13(11)17(14(18)15-12)10-9-16-7-2-3-8-16/h4-6H,2-3,7-10H2,1H3,(H,15,18). The van der Waals surface area contributed by atoms with Crippen molar-refractivity contribution in [3.05, 3.63) is 34.2 Å². The zero-order valence-corrected chi connectivity index (χ0v) is 10.8. The highest BCUT2D eigenvalue weighted by Crippen LogP contribution is 2.15. The van der Waals surface area contributed by atoms with Gasteiger partial charge in [0.25, 0.3) is 0 Å². The summed E-state index contributed by atoms with van der Waals surface area (Å²) in [4.78, 5) is 17.4. The maximum Gasteiger partial charge on any atom is 0.326 e. The van der Waals surface area contributed by atoms with Crippen LogP contribution in [0.1, 0.15) is 18.4 Å². The number of H-pyrrole nitrogens is 1. The van der Waals surface area contributed by atoms with Crippen molar-refractivity contribution < 1.29 is 0 Å². The molecular formula is C14H19N3O. The fourth-order valence-electron chi connectivity index (χ4n) is 2.86. The number of hydrogen-bond acceptors (Lipinski definition) is 2. The summed E-state index contributed by atoms with van der Waals surface area (Å²) in [6, 6.07) is 6.01. The Hall–Kier alpha value is -1.55. The van der Waals surface area contributed by atoms with Gasteiger partial charge in [0.2, 0.25) is 0 Å². The van der Waals surface area contributed by atoms with Gasteiger partial charge in [0, 0.05) is 13.1 Å². The largest absolute Gasteiger partial charge is 0.326 e. The van der Waals surface area contributed by atoms with Crippen molar-refractivity contribution in [2.45, 2.75) is 26.3 Å². The van der Waals surface area contributed by atoms with Gasteiger partial charge >= 0.3 is 5.69 Å². The van der Waals surface area contributed by atoms with E-state index in [1.165, 1.54) is 25.9 Å². The second kappa shape index (κ2) is 4.61. The predicted octanol–water partition coefficient (Wildman–Crippen LogP) is 1.73. The smallest absolute Gasteiger partial charge is 0.306 e. The van der Waals surface area contributed by atoms with Crippen LogP contribution in [0.5, 0.6) is 0 Å². The van der Waals surface area contributed by atoms with Gasteiger partial charge in [0.15, 0.2) is 0 Å². The molecule has 0 spiro atoms. The van der Waals surface area contributed by atoms with E-state index in [1.807, 2.05) is 16.7 Å². The predicted molar refractivity (Wildman–Crippen MR) is 73.0 cm³/mol. The van der Waals surface area contributed by atoms with E-state index < -0.39 is 0 Å². The lowest BCUT2D eigenvalue weighted by Crippen LogP contribution is -2.28. The summed E-state index contributed by atoms with van der Waals surface area (Å²) < 4.78 is 1.88. The van der Waals surface area contributed by atoms with Gasteiger partial charge in [-0.1, -0.05) is 12.1 Å². The molecule has 0 saturated carbocycles. The lowest BCUT2D eigenvalue weighted by atomic mass is 10.2. The zero-order chi connectivity index (χ0) is 12.5. The van der Waals surface area contributed by atoms with Crippen molar-refractivity contribution in [2.75, 3.05) is 19.6 Å². The van der Waals surface area contributed by atoms with E-state index in [-0.39, 0.29) is 5.69 Å². The van der Waals surface area contributed by atoms with E-state index in [0.717, 1.165) is 29.7 Å². The van der Waals surface area contributed by atoms with E-state index in [4.69, 9.17) is 0 Å². The maximum atomic E-state index is 12.0. The van der Waals surface area contributed by atoms with Crippen molar-refractivity contribution in [3.8, 4) is 0 Å². The van der Waals surface area contributed by atoms with Crippen LogP contribution in [0, 0.1) is 6.92 Å². The molecule has 0 atom stereocenters. The summed E-state index contributed by atoms with van der Waals surface area (Å²) in [7, 11) is 0. The molecule has 0 unspecified atom stereocenters. The fraction of sp³-hybridized carbons (Fsp3) is 0.500. The summed E-state index contributed by atoms with van der Waals surface area (Å²) in [6.45, 7) is 6.17. The van der Waals surface area contributed by atoms with Crippen molar-refractivity contribution in [2.24, 2.45) is 0 Å². The molecule has 18 heavy (non-hydrogen) atoms. The fourth-order valence-corrected chi connectivity index (χ4v) is 2.86. The maximum absolute atomic E-state index is 12.0.